The molecule has 37 heavy (non-hydrogen) atoms. The molecule has 0 aliphatic carbocycles. The third kappa shape index (κ3) is 6.67. The molecule has 194 valence electrons. The van der Waals surface area contributed by atoms with E-state index in [1.165, 1.54) is 18.2 Å². The van der Waals surface area contributed by atoms with Crippen molar-refractivity contribution < 1.29 is 23.8 Å². The number of hydrogen-bond donors (Lipinski definition) is 2. The summed E-state index contributed by atoms with van der Waals surface area (Å²) in [6.45, 7) is 3.73. The van der Waals surface area contributed by atoms with Crippen LogP contribution in [0.15, 0.2) is 60.7 Å². The third-order valence-electron chi connectivity index (χ3n) is 6.46. The van der Waals surface area contributed by atoms with Crippen LogP contribution in [-0.2, 0) is 24.2 Å². The minimum atomic E-state index is -0.246. The van der Waals surface area contributed by atoms with E-state index in [2.05, 4.69) is 27.7 Å². The van der Waals surface area contributed by atoms with Gasteiger partial charge in [0, 0.05) is 50.1 Å². The zero-order valence-corrected chi connectivity index (χ0v) is 21.5. The minimum Gasteiger partial charge on any atom is -0.493 e. The lowest BCUT2D eigenvalue weighted by Crippen LogP contribution is -2.33. The maximum absolute atomic E-state index is 13.0. The number of amides is 2. The van der Waals surface area contributed by atoms with Crippen molar-refractivity contribution in [3.63, 3.8) is 0 Å². The van der Waals surface area contributed by atoms with E-state index in [0.29, 0.717) is 29.2 Å². The second-order valence-electron chi connectivity index (χ2n) is 8.91. The summed E-state index contributed by atoms with van der Waals surface area (Å²) in [6, 6.07) is 18.3. The maximum atomic E-state index is 13.0. The Balaban J connectivity index is 1.37. The van der Waals surface area contributed by atoms with Crippen LogP contribution in [-0.4, -0.2) is 57.7 Å². The molecule has 8 nitrogen and oxygen atoms in total. The number of carbonyl (C=O) groups is 2. The first kappa shape index (κ1) is 26.2. The lowest BCUT2D eigenvalue weighted by molar-refractivity contribution is 0.0950. The van der Waals surface area contributed by atoms with Crippen molar-refractivity contribution >= 4 is 17.5 Å². The van der Waals surface area contributed by atoms with Crippen molar-refractivity contribution in [2.75, 3.05) is 46.3 Å². The monoisotopic (exact) mass is 503 g/mol. The fourth-order valence-corrected chi connectivity index (χ4v) is 4.39. The van der Waals surface area contributed by atoms with E-state index in [-0.39, 0.29) is 18.4 Å². The van der Waals surface area contributed by atoms with Crippen LogP contribution in [0.3, 0.4) is 0 Å². The van der Waals surface area contributed by atoms with Crippen molar-refractivity contribution in [1.82, 2.24) is 10.2 Å². The fourth-order valence-electron chi connectivity index (χ4n) is 4.39. The van der Waals surface area contributed by atoms with Gasteiger partial charge in [-0.15, -0.1) is 0 Å². The number of anilines is 1. The molecule has 2 N–H and O–H groups in total. The van der Waals surface area contributed by atoms with Gasteiger partial charge in [-0.2, -0.15) is 0 Å². The first-order valence-corrected chi connectivity index (χ1v) is 12.2. The van der Waals surface area contributed by atoms with Crippen LogP contribution >= 0.6 is 0 Å². The van der Waals surface area contributed by atoms with E-state index >= 15 is 0 Å². The number of nitrogens with one attached hydrogen (secondary N) is 2. The first-order chi connectivity index (χ1) is 18.0. The molecule has 0 spiro atoms. The smallest absolute Gasteiger partial charge is 0.255 e. The Hall–Kier alpha value is -3.88. The zero-order valence-electron chi connectivity index (χ0n) is 21.5. The molecule has 0 unspecified atom stereocenters. The first-order valence-electron chi connectivity index (χ1n) is 12.2. The van der Waals surface area contributed by atoms with Crippen molar-refractivity contribution in [2.45, 2.75) is 19.5 Å². The molecule has 3 aromatic rings. The van der Waals surface area contributed by atoms with Crippen molar-refractivity contribution in [1.29, 1.82) is 0 Å². The average Bonchev–Trinajstić information content (AvgIpc) is 2.94. The quantitative estimate of drug-likeness (QED) is 0.436. The van der Waals surface area contributed by atoms with E-state index in [1.807, 2.05) is 18.2 Å². The maximum Gasteiger partial charge on any atom is 0.255 e. The van der Waals surface area contributed by atoms with Crippen molar-refractivity contribution in [3.05, 3.63) is 88.5 Å². The number of rotatable bonds is 10. The molecule has 4 rings (SSSR count). The largest absolute Gasteiger partial charge is 0.493 e. The van der Waals surface area contributed by atoms with E-state index in [9.17, 15) is 9.59 Å². The number of fused-ring (bicyclic) bond motifs is 1. The molecule has 0 saturated carbocycles. The van der Waals surface area contributed by atoms with E-state index in [0.717, 1.165) is 37.3 Å². The van der Waals surface area contributed by atoms with Crippen LogP contribution in [0.4, 0.5) is 5.69 Å². The molecule has 0 aromatic heterocycles. The summed E-state index contributed by atoms with van der Waals surface area (Å²) in [5.41, 5.74) is 5.12. The summed E-state index contributed by atoms with van der Waals surface area (Å²) in [5, 5.41) is 5.90. The minimum absolute atomic E-state index is 0.194. The Labute approximate surface area is 217 Å². The van der Waals surface area contributed by atoms with Gasteiger partial charge < -0.3 is 24.8 Å². The van der Waals surface area contributed by atoms with Gasteiger partial charge in [-0.05, 0) is 65.6 Å². The van der Waals surface area contributed by atoms with Gasteiger partial charge in [0.25, 0.3) is 11.8 Å². The van der Waals surface area contributed by atoms with Crippen LogP contribution in [0.1, 0.15) is 37.4 Å². The van der Waals surface area contributed by atoms with Crippen LogP contribution in [0.2, 0.25) is 0 Å². The van der Waals surface area contributed by atoms with Gasteiger partial charge in [-0.1, -0.05) is 18.2 Å². The molecule has 0 bridgehead atoms. The van der Waals surface area contributed by atoms with Gasteiger partial charge in [0.05, 0.1) is 20.8 Å². The van der Waals surface area contributed by atoms with E-state index in [4.69, 9.17) is 14.2 Å². The zero-order chi connectivity index (χ0) is 26.2. The normalized spacial score (nSPS) is 12.9. The highest BCUT2D eigenvalue weighted by molar-refractivity contribution is 6.04. The molecular weight excluding hydrogens is 470 g/mol. The lowest BCUT2D eigenvalue weighted by atomic mass is 9.99. The summed E-state index contributed by atoms with van der Waals surface area (Å²) in [4.78, 5) is 28.0. The van der Waals surface area contributed by atoms with Crippen molar-refractivity contribution in [2.24, 2.45) is 0 Å². The third-order valence-corrected chi connectivity index (χ3v) is 6.46. The highest BCUT2D eigenvalue weighted by atomic mass is 16.5. The second kappa shape index (κ2) is 12.4. The number of hydrogen-bond acceptors (Lipinski definition) is 6. The Bertz CT molecular complexity index is 1260. The Morgan fingerprint density at radius 3 is 2.46 bits per heavy atom. The summed E-state index contributed by atoms with van der Waals surface area (Å²) >= 11 is 0. The molecule has 0 atom stereocenters. The summed E-state index contributed by atoms with van der Waals surface area (Å²) in [5.74, 6) is 0.600. The van der Waals surface area contributed by atoms with Gasteiger partial charge in [0.2, 0.25) is 0 Å². The molecule has 0 radical (unpaired) electrons. The van der Waals surface area contributed by atoms with Crippen LogP contribution in [0.5, 0.6) is 11.5 Å². The molecular formula is C29H33N3O5. The van der Waals surface area contributed by atoms with Crippen LogP contribution in [0, 0.1) is 0 Å². The molecule has 8 heteroatoms. The number of nitrogens with zero attached hydrogens (tertiary/aromatic N) is 1. The van der Waals surface area contributed by atoms with Gasteiger partial charge >= 0.3 is 0 Å². The summed E-state index contributed by atoms with van der Waals surface area (Å²) in [6.07, 6.45) is 0.990. The number of benzene rings is 3. The van der Waals surface area contributed by atoms with E-state index < -0.39 is 0 Å². The highest BCUT2D eigenvalue weighted by Crippen LogP contribution is 2.27. The number of carbonyl (C=O) groups excluding carboxylic acids is 2. The molecule has 0 fully saturated rings. The van der Waals surface area contributed by atoms with Crippen LogP contribution < -0.4 is 20.1 Å². The molecule has 1 heterocycles. The fraction of sp³-hybridized carbons (Fsp3) is 0.310. The van der Waals surface area contributed by atoms with Gasteiger partial charge in [-0.3, -0.25) is 14.5 Å². The van der Waals surface area contributed by atoms with Gasteiger partial charge in [0.1, 0.15) is 0 Å². The standard InChI is InChI=1S/C29H33N3O5/c1-35-14-13-32-12-11-21-7-9-25(16-24(21)19-32)31-29(34)22-6-4-5-20(15-22)18-30-28(33)23-8-10-26(36-2)27(17-23)37-3/h4-10,15-17H,11-14,18-19H2,1-3H3,(H,30,33)(H,31,34). The number of ether oxygens (including phenoxy) is 3. The van der Waals surface area contributed by atoms with Gasteiger partial charge in [0.15, 0.2) is 11.5 Å². The lowest BCUT2D eigenvalue weighted by Gasteiger charge is -2.28. The van der Waals surface area contributed by atoms with Crippen molar-refractivity contribution in [3.8, 4) is 11.5 Å². The Kier molecular flexibility index (Phi) is 8.77. The molecule has 1 aliphatic rings. The second-order valence-corrected chi connectivity index (χ2v) is 8.91. The Morgan fingerprint density at radius 1 is 0.865 bits per heavy atom. The topological polar surface area (TPSA) is 89.1 Å². The number of methoxy groups -OCH3 is 3. The molecule has 0 saturated heterocycles. The van der Waals surface area contributed by atoms with Crippen LogP contribution in [0.25, 0.3) is 0 Å². The molecule has 2 amide bonds. The summed E-state index contributed by atoms with van der Waals surface area (Å²) in [7, 11) is 4.79. The summed E-state index contributed by atoms with van der Waals surface area (Å²) < 4.78 is 15.7. The highest BCUT2D eigenvalue weighted by Gasteiger charge is 2.17. The SMILES string of the molecule is COCCN1CCc2ccc(NC(=O)c3cccc(CNC(=O)c4ccc(OC)c(OC)c4)c3)cc2C1. The van der Waals surface area contributed by atoms with E-state index in [1.54, 1.807) is 44.6 Å². The average molecular weight is 504 g/mol. The molecule has 3 aromatic carbocycles. The predicted octanol–water partition coefficient (Wildman–Crippen LogP) is 3.89. The molecule has 1 aliphatic heterocycles. The van der Waals surface area contributed by atoms with Gasteiger partial charge in [-0.25, -0.2) is 0 Å². The Morgan fingerprint density at radius 2 is 1.68 bits per heavy atom. The predicted molar refractivity (Wildman–Crippen MR) is 142 cm³/mol.